The van der Waals surface area contributed by atoms with E-state index in [4.69, 9.17) is 5.73 Å². The molecule has 0 radical (unpaired) electrons. The van der Waals surface area contributed by atoms with E-state index in [0.29, 0.717) is 6.04 Å². The van der Waals surface area contributed by atoms with Crippen LogP contribution in [0, 0.1) is 0 Å². The van der Waals surface area contributed by atoms with E-state index < -0.39 is 0 Å². The van der Waals surface area contributed by atoms with Crippen molar-refractivity contribution in [1.29, 1.82) is 0 Å². The molecule has 1 aliphatic rings. The first-order chi connectivity index (χ1) is 10.6. The number of aromatic amines is 1. The minimum absolute atomic E-state index is 0. The van der Waals surface area contributed by atoms with Crippen molar-refractivity contribution in [3.63, 3.8) is 0 Å². The second-order valence-electron chi connectivity index (χ2n) is 8.33. The molecule has 1 aromatic heterocycles. The Kier molecular flexibility index (Phi) is 6.80. The van der Waals surface area contributed by atoms with Crippen LogP contribution >= 0.6 is 24.8 Å². The Balaban J connectivity index is 0.00000156. The van der Waals surface area contributed by atoms with Gasteiger partial charge in [-0.05, 0) is 52.7 Å². The summed E-state index contributed by atoms with van der Waals surface area (Å²) in [6.45, 7) is 10.9. The van der Waals surface area contributed by atoms with Gasteiger partial charge in [0.05, 0.1) is 0 Å². The van der Waals surface area contributed by atoms with Crippen LogP contribution < -0.4 is 11.1 Å². The fraction of sp³-hybridized carbons (Fsp3) is 0.500. The summed E-state index contributed by atoms with van der Waals surface area (Å²) in [5.74, 6) is 0. The molecule has 0 saturated carbocycles. The Morgan fingerprint density at radius 2 is 1.84 bits per heavy atom. The van der Waals surface area contributed by atoms with Gasteiger partial charge in [0.2, 0.25) is 0 Å². The van der Waals surface area contributed by atoms with Crippen LogP contribution in [-0.4, -0.2) is 22.1 Å². The highest BCUT2D eigenvalue weighted by atomic mass is 35.5. The van der Waals surface area contributed by atoms with Gasteiger partial charge >= 0.3 is 0 Å². The number of halogens is 2. The Morgan fingerprint density at radius 1 is 1.20 bits per heavy atom. The number of rotatable bonds is 3. The van der Waals surface area contributed by atoms with Crippen molar-refractivity contribution in [2.75, 3.05) is 0 Å². The van der Waals surface area contributed by atoms with Crippen molar-refractivity contribution in [1.82, 2.24) is 10.3 Å². The molecule has 1 unspecified atom stereocenters. The third-order valence-corrected chi connectivity index (χ3v) is 4.42. The lowest BCUT2D eigenvalue weighted by Crippen LogP contribution is -2.46. The highest BCUT2D eigenvalue weighted by Gasteiger charge is 2.28. The number of nitrogens with one attached hydrogen (secondary N) is 2. The molecule has 1 aromatic carbocycles. The van der Waals surface area contributed by atoms with E-state index in [1.165, 1.54) is 27.7 Å². The maximum atomic E-state index is 6.32. The lowest BCUT2D eigenvalue weighted by Gasteiger charge is -2.34. The first kappa shape index (κ1) is 22.0. The lowest BCUT2D eigenvalue weighted by molar-refractivity contribution is 0.398. The highest BCUT2D eigenvalue weighted by molar-refractivity contribution is 5.95. The average Bonchev–Trinajstić information content (AvgIpc) is 2.71. The van der Waals surface area contributed by atoms with Crippen LogP contribution in [0.5, 0.6) is 0 Å². The number of hydrogen-bond acceptors (Lipinski definition) is 2. The van der Waals surface area contributed by atoms with E-state index in [1.54, 1.807) is 0 Å². The van der Waals surface area contributed by atoms with Crippen LogP contribution in [0.3, 0.4) is 0 Å². The second kappa shape index (κ2) is 7.71. The third-order valence-electron chi connectivity index (χ3n) is 4.42. The Bertz CT molecular complexity index is 754. The predicted octanol–water partition coefficient (Wildman–Crippen LogP) is 4.84. The maximum Gasteiger partial charge on any atom is 0.0462 e. The van der Waals surface area contributed by atoms with Crippen molar-refractivity contribution >= 4 is 41.3 Å². The van der Waals surface area contributed by atoms with Gasteiger partial charge < -0.3 is 16.0 Å². The summed E-state index contributed by atoms with van der Waals surface area (Å²) in [6, 6.07) is 9.05. The standard InChI is InChI=1S/C20H29N3.2ClH/c1-13-10-14(11-20(4,5)23-13)18-15-8-6-7-9-16(15)22-17(18)12-19(2,3)21;;/h6-9,11,13,22-23H,10,12,21H2,1-5H3;2*1H. The molecule has 2 aromatic rings. The van der Waals surface area contributed by atoms with Crippen LogP contribution in [0.1, 0.15) is 52.3 Å². The summed E-state index contributed by atoms with van der Waals surface area (Å²) >= 11 is 0. The summed E-state index contributed by atoms with van der Waals surface area (Å²) in [7, 11) is 0. The SMILES string of the molecule is CC1CC(c2c(CC(C)(C)N)[nH]c3ccccc23)=CC(C)(C)N1.Cl.Cl. The van der Waals surface area contributed by atoms with Gasteiger partial charge in [0.15, 0.2) is 0 Å². The summed E-state index contributed by atoms with van der Waals surface area (Å²) in [4.78, 5) is 3.62. The molecule has 0 amide bonds. The zero-order chi connectivity index (χ0) is 16.8. The molecule has 0 fully saturated rings. The zero-order valence-corrected chi connectivity index (χ0v) is 17.4. The number of hydrogen-bond donors (Lipinski definition) is 3. The van der Waals surface area contributed by atoms with Crippen LogP contribution in [0.25, 0.3) is 16.5 Å². The minimum atomic E-state index is -0.232. The summed E-state index contributed by atoms with van der Waals surface area (Å²) in [6.07, 6.45) is 4.27. The molecule has 5 heteroatoms. The van der Waals surface area contributed by atoms with Crippen molar-refractivity contribution < 1.29 is 0 Å². The summed E-state index contributed by atoms with van der Waals surface area (Å²) in [5, 5.41) is 4.96. The highest BCUT2D eigenvalue weighted by Crippen LogP contribution is 2.36. The molecule has 0 spiro atoms. The first-order valence-electron chi connectivity index (χ1n) is 8.53. The van der Waals surface area contributed by atoms with Gasteiger partial charge in [-0.25, -0.2) is 0 Å². The molecule has 1 atom stereocenters. The van der Waals surface area contributed by atoms with Gasteiger partial charge in [-0.1, -0.05) is 24.3 Å². The fourth-order valence-corrected chi connectivity index (χ4v) is 3.88. The van der Waals surface area contributed by atoms with E-state index in [0.717, 1.165) is 12.8 Å². The smallest absolute Gasteiger partial charge is 0.0462 e. The van der Waals surface area contributed by atoms with E-state index in [9.17, 15) is 0 Å². The summed E-state index contributed by atoms with van der Waals surface area (Å²) in [5.41, 5.74) is 11.3. The number of benzene rings is 1. The molecule has 25 heavy (non-hydrogen) atoms. The average molecular weight is 384 g/mol. The van der Waals surface area contributed by atoms with Gasteiger partial charge in [0, 0.05) is 45.7 Å². The quantitative estimate of drug-likeness (QED) is 0.710. The van der Waals surface area contributed by atoms with Gasteiger partial charge in [0.25, 0.3) is 0 Å². The van der Waals surface area contributed by atoms with E-state index in [-0.39, 0.29) is 35.9 Å². The molecule has 0 bridgehead atoms. The third kappa shape index (κ3) is 5.01. The molecule has 0 saturated heterocycles. The van der Waals surface area contributed by atoms with Gasteiger partial charge in [0.1, 0.15) is 0 Å². The number of fused-ring (bicyclic) bond motifs is 1. The number of aromatic nitrogens is 1. The van der Waals surface area contributed by atoms with Crippen molar-refractivity contribution in [3.05, 3.63) is 41.6 Å². The van der Waals surface area contributed by atoms with Gasteiger partial charge in [-0.2, -0.15) is 0 Å². The molecular formula is C20H31Cl2N3. The molecule has 0 aliphatic carbocycles. The zero-order valence-electron chi connectivity index (χ0n) is 15.8. The Hall–Kier alpha value is -1.000. The van der Waals surface area contributed by atoms with Gasteiger partial charge in [-0.15, -0.1) is 24.8 Å². The molecule has 3 nitrogen and oxygen atoms in total. The van der Waals surface area contributed by atoms with Crippen LogP contribution in [-0.2, 0) is 6.42 Å². The van der Waals surface area contributed by atoms with E-state index in [1.807, 2.05) is 0 Å². The minimum Gasteiger partial charge on any atom is -0.358 e. The van der Waals surface area contributed by atoms with E-state index in [2.05, 4.69) is 75.3 Å². The monoisotopic (exact) mass is 383 g/mol. The Labute approximate surface area is 163 Å². The van der Waals surface area contributed by atoms with Crippen molar-refractivity contribution in [2.24, 2.45) is 5.73 Å². The van der Waals surface area contributed by atoms with Crippen LogP contribution in [0.4, 0.5) is 0 Å². The molecule has 1 aliphatic heterocycles. The summed E-state index contributed by atoms with van der Waals surface area (Å²) < 4.78 is 0. The largest absolute Gasteiger partial charge is 0.358 e. The number of nitrogens with two attached hydrogens (primary N) is 1. The second-order valence-corrected chi connectivity index (χ2v) is 8.33. The molecule has 4 N–H and O–H groups in total. The first-order valence-corrected chi connectivity index (χ1v) is 8.53. The number of para-hydroxylation sites is 1. The molecular weight excluding hydrogens is 353 g/mol. The molecule has 2 heterocycles. The molecule has 3 rings (SSSR count). The molecule has 140 valence electrons. The maximum absolute atomic E-state index is 6.32. The predicted molar refractivity (Wildman–Crippen MR) is 114 cm³/mol. The van der Waals surface area contributed by atoms with Crippen LogP contribution in [0.2, 0.25) is 0 Å². The van der Waals surface area contributed by atoms with Gasteiger partial charge in [-0.3, -0.25) is 0 Å². The fourth-order valence-electron chi connectivity index (χ4n) is 3.88. The lowest BCUT2D eigenvalue weighted by atomic mass is 9.85. The van der Waals surface area contributed by atoms with Crippen LogP contribution in [0.15, 0.2) is 30.3 Å². The number of H-pyrrole nitrogens is 1. The Morgan fingerprint density at radius 3 is 2.44 bits per heavy atom. The van der Waals surface area contributed by atoms with E-state index >= 15 is 0 Å². The normalized spacial score (nSPS) is 19.8. The van der Waals surface area contributed by atoms with Crippen molar-refractivity contribution in [2.45, 2.75) is 64.6 Å². The van der Waals surface area contributed by atoms with Crippen molar-refractivity contribution in [3.8, 4) is 0 Å². The topological polar surface area (TPSA) is 53.8 Å².